The van der Waals surface area contributed by atoms with Gasteiger partial charge in [-0.2, -0.15) is 10.5 Å². The van der Waals surface area contributed by atoms with Crippen molar-refractivity contribution in [3.05, 3.63) is 45.2 Å². The molecule has 1 aromatic heterocycles. The molecule has 0 atom stereocenters. The minimum Gasteiger partial charge on any atom is -0.384 e. The van der Waals surface area contributed by atoms with Crippen LogP contribution in [0, 0.1) is 22.7 Å². The first-order valence-electron chi connectivity index (χ1n) is 8.34. The van der Waals surface area contributed by atoms with Crippen molar-refractivity contribution in [1.82, 2.24) is 4.98 Å². The van der Waals surface area contributed by atoms with E-state index < -0.39 is 5.56 Å². The average molecular weight is 333 g/mol. The highest BCUT2D eigenvalue weighted by molar-refractivity contribution is 5.81. The van der Waals surface area contributed by atoms with E-state index in [1.807, 2.05) is 30.3 Å². The summed E-state index contributed by atoms with van der Waals surface area (Å²) < 4.78 is 0. The number of nitrogen functional groups attached to an aromatic ring is 1. The van der Waals surface area contributed by atoms with Crippen LogP contribution in [0.15, 0.2) is 23.0 Å². The van der Waals surface area contributed by atoms with Gasteiger partial charge in [0.25, 0.3) is 5.56 Å². The maximum absolute atomic E-state index is 12.1. The summed E-state index contributed by atoms with van der Waals surface area (Å²) in [6, 6.07) is 9.79. The standard InChI is InChI=1S/C19H19N5O/c1-2-7-24-8-3-4-12-9-13(5-6-16(12)24)17-14(10-20)18(22)23-19(25)15(17)11-21/h5-6,9H,2-4,7-8H2,1H3,(H3,22,23,25). The van der Waals surface area contributed by atoms with Crippen molar-refractivity contribution in [2.24, 2.45) is 0 Å². The molecule has 0 fully saturated rings. The highest BCUT2D eigenvalue weighted by atomic mass is 16.1. The Hall–Kier alpha value is -3.25. The first-order valence-corrected chi connectivity index (χ1v) is 8.34. The lowest BCUT2D eigenvalue weighted by Crippen LogP contribution is -2.29. The Bertz CT molecular complexity index is 961. The Kier molecular flexibility index (Phi) is 4.45. The fourth-order valence-electron chi connectivity index (χ4n) is 3.46. The molecule has 2 aromatic rings. The second-order valence-corrected chi connectivity index (χ2v) is 6.15. The summed E-state index contributed by atoms with van der Waals surface area (Å²) in [5.74, 6) is -0.00756. The summed E-state index contributed by atoms with van der Waals surface area (Å²) in [6.45, 7) is 4.18. The molecule has 1 aromatic carbocycles. The topological polar surface area (TPSA) is 110 Å². The van der Waals surface area contributed by atoms with Crippen LogP contribution in [0.2, 0.25) is 0 Å². The molecule has 1 aliphatic rings. The van der Waals surface area contributed by atoms with Crippen molar-refractivity contribution < 1.29 is 0 Å². The number of H-pyrrole nitrogens is 1. The van der Waals surface area contributed by atoms with Gasteiger partial charge in [-0.05, 0) is 42.5 Å². The van der Waals surface area contributed by atoms with Crippen LogP contribution < -0.4 is 16.2 Å². The number of benzene rings is 1. The zero-order chi connectivity index (χ0) is 18.0. The molecule has 25 heavy (non-hydrogen) atoms. The summed E-state index contributed by atoms with van der Waals surface area (Å²) in [5, 5.41) is 18.8. The minimum atomic E-state index is -0.570. The quantitative estimate of drug-likeness (QED) is 0.897. The number of anilines is 2. The van der Waals surface area contributed by atoms with Gasteiger partial charge in [0.1, 0.15) is 29.1 Å². The van der Waals surface area contributed by atoms with Gasteiger partial charge in [0.2, 0.25) is 0 Å². The smallest absolute Gasteiger partial charge is 0.268 e. The molecule has 6 heteroatoms. The Morgan fingerprint density at radius 2 is 2.04 bits per heavy atom. The summed E-state index contributed by atoms with van der Waals surface area (Å²) >= 11 is 0. The highest BCUT2D eigenvalue weighted by Crippen LogP contribution is 2.34. The number of fused-ring (bicyclic) bond motifs is 1. The van der Waals surface area contributed by atoms with Gasteiger partial charge in [0, 0.05) is 24.3 Å². The number of pyridine rings is 1. The molecular weight excluding hydrogens is 314 g/mol. The average Bonchev–Trinajstić information content (AvgIpc) is 2.61. The molecule has 126 valence electrons. The number of aromatic nitrogens is 1. The molecule has 0 unspecified atom stereocenters. The zero-order valence-corrected chi connectivity index (χ0v) is 14.1. The fourth-order valence-corrected chi connectivity index (χ4v) is 3.46. The number of nitriles is 2. The lowest BCUT2D eigenvalue weighted by atomic mass is 9.92. The van der Waals surface area contributed by atoms with Crippen LogP contribution >= 0.6 is 0 Å². The van der Waals surface area contributed by atoms with E-state index in [1.54, 1.807) is 0 Å². The number of rotatable bonds is 3. The van der Waals surface area contributed by atoms with E-state index in [0.29, 0.717) is 11.1 Å². The summed E-state index contributed by atoms with van der Waals surface area (Å²) in [7, 11) is 0. The third-order valence-electron chi connectivity index (χ3n) is 4.54. The van der Waals surface area contributed by atoms with Crippen molar-refractivity contribution >= 4 is 11.5 Å². The molecule has 0 saturated carbocycles. The fraction of sp³-hybridized carbons (Fsp3) is 0.316. The molecule has 3 N–H and O–H groups in total. The molecule has 0 amide bonds. The molecule has 0 bridgehead atoms. The second kappa shape index (κ2) is 6.70. The van der Waals surface area contributed by atoms with E-state index in [0.717, 1.165) is 32.4 Å². The van der Waals surface area contributed by atoms with Crippen molar-refractivity contribution in [1.29, 1.82) is 10.5 Å². The SMILES string of the molecule is CCCN1CCCc2cc(-c3c(C#N)c(N)[nH]c(=O)c3C#N)ccc21. The van der Waals surface area contributed by atoms with E-state index in [4.69, 9.17) is 5.73 Å². The minimum absolute atomic E-state index is 0.00756. The predicted octanol–water partition coefficient (Wildman–Crippen LogP) is 2.53. The molecule has 6 nitrogen and oxygen atoms in total. The molecule has 0 spiro atoms. The van der Waals surface area contributed by atoms with Gasteiger partial charge in [-0.3, -0.25) is 4.79 Å². The van der Waals surface area contributed by atoms with E-state index >= 15 is 0 Å². The van der Waals surface area contributed by atoms with Crippen LogP contribution in [0.25, 0.3) is 11.1 Å². The van der Waals surface area contributed by atoms with Gasteiger partial charge in [-0.1, -0.05) is 13.0 Å². The van der Waals surface area contributed by atoms with Gasteiger partial charge in [-0.25, -0.2) is 0 Å². The van der Waals surface area contributed by atoms with Crippen molar-refractivity contribution in [3.8, 4) is 23.3 Å². The van der Waals surface area contributed by atoms with Crippen molar-refractivity contribution in [2.45, 2.75) is 26.2 Å². The lowest BCUT2D eigenvalue weighted by Gasteiger charge is -2.31. The first kappa shape index (κ1) is 16.6. The monoisotopic (exact) mass is 333 g/mol. The number of hydrogen-bond donors (Lipinski definition) is 2. The third kappa shape index (κ3) is 2.83. The molecule has 1 aliphatic heterocycles. The molecule has 0 aliphatic carbocycles. The van der Waals surface area contributed by atoms with Gasteiger partial charge in [0.15, 0.2) is 0 Å². The number of nitrogens with one attached hydrogen (secondary N) is 1. The molecule has 0 radical (unpaired) electrons. The number of aromatic amines is 1. The summed E-state index contributed by atoms with van der Waals surface area (Å²) in [6.07, 6.45) is 3.07. The number of hydrogen-bond acceptors (Lipinski definition) is 5. The Labute approximate surface area is 146 Å². The van der Waals surface area contributed by atoms with Gasteiger partial charge in [0.05, 0.1) is 0 Å². The summed E-state index contributed by atoms with van der Waals surface area (Å²) in [5.41, 5.74) is 8.65. The summed E-state index contributed by atoms with van der Waals surface area (Å²) in [4.78, 5) is 16.8. The van der Waals surface area contributed by atoms with Crippen LogP contribution in [-0.4, -0.2) is 18.1 Å². The Morgan fingerprint density at radius 3 is 2.72 bits per heavy atom. The van der Waals surface area contributed by atoms with Crippen LogP contribution in [0.5, 0.6) is 0 Å². The number of nitrogens with zero attached hydrogens (tertiary/aromatic N) is 3. The van der Waals surface area contributed by atoms with Crippen LogP contribution in [0.3, 0.4) is 0 Å². The van der Waals surface area contributed by atoms with Crippen LogP contribution in [-0.2, 0) is 6.42 Å². The Balaban J connectivity index is 2.21. The van der Waals surface area contributed by atoms with E-state index in [2.05, 4.69) is 16.8 Å². The molecule has 2 heterocycles. The van der Waals surface area contributed by atoms with Crippen molar-refractivity contribution in [2.75, 3.05) is 23.7 Å². The zero-order valence-electron chi connectivity index (χ0n) is 14.1. The third-order valence-corrected chi connectivity index (χ3v) is 4.54. The lowest BCUT2D eigenvalue weighted by molar-refractivity contribution is 0.681. The number of aryl methyl sites for hydroxylation is 1. The normalized spacial score (nSPS) is 13.0. The van der Waals surface area contributed by atoms with Crippen LogP contribution in [0.1, 0.15) is 36.5 Å². The van der Waals surface area contributed by atoms with Gasteiger partial charge < -0.3 is 15.6 Å². The van der Waals surface area contributed by atoms with E-state index in [-0.39, 0.29) is 16.9 Å². The molecular formula is C19H19N5O. The number of nitrogens with two attached hydrogens (primary N) is 1. The van der Waals surface area contributed by atoms with Gasteiger partial charge >= 0.3 is 0 Å². The van der Waals surface area contributed by atoms with Crippen LogP contribution in [0.4, 0.5) is 11.5 Å². The maximum Gasteiger partial charge on any atom is 0.268 e. The first-order chi connectivity index (χ1) is 12.1. The maximum atomic E-state index is 12.1. The van der Waals surface area contributed by atoms with Crippen molar-refractivity contribution in [3.63, 3.8) is 0 Å². The Morgan fingerprint density at radius 1 is 1.28 bits per heavy atom. The predicted molar refractivity (Wildman–Crippen MR) is 97.2 cm³/mol. The largest absolute Gasteiger partial charge is 0.384 e. The highest BCUT2D eigenvalue weighted by Gasteiger charge is 2.21. The van der Waals surface area contributed by atoms with Gasteiger partial charge in [-0.15, -0.1) is 0 Å². The molecule has 3 rings (SSSR count). The van der Waals surface area contributed by atoms with E-state index in [1.165, 1.54) is 11.3 Å². The second-order valence-electron chi connectivity index (χ2n) is 6.15. The molecule has 0 saturated heterocycles. The van der Waals surface area contributed by atoms with E-state index in [9.17, 15) is 15.3 Å².